The van der Waals surface area contributed by atoms with Crippen molar-refractivity contribution in [1.82, 2.24) is 10.7 Å². The first-order valence-corrected chi connectivity index (χ1v) is 10.8. The highest BCUT2D eigenvalue weighted by molar-refractivity contribution is 14.1. The molecule has 0 aliphatic carbocycles. The van der Waals surface area contributed by atoms with Crippen molar-refractivity contribution in [3.05, 3.63) is 63.4 Å². The maximum absolute atomic E-state index is 12.4. The SMILES string of the molecule is COc1cc(C(=O)NCC(=O)NN=Cc2ccc(-c3ccc(I)cc3)o2)cc(OC)c1OC. The van der Waals surface area contributed by atoms with Gasteiger partial charge in [0.05, 0.1) is 34.1 Å². The van der Waals surface area contributed by atoms with Crippen LogP contribution in [0.4, 0.5) is 0 Å². The fraction of sp³-hybridized carbons (Fsp3) is 0.174. The zero-order valence-electron chi connectivity index (χ0n) is 18.2. The van der Waals surface area contributed by atoms with Gasteiger partial charge in [-0.25, -0.2) is 5.43 Å². The van der Waals surface area contributed by atoms with Crippen molar-refractivity contribution < 1.29 is 28.2 Å². The van der Waals surface area contributed by atoms with Gasteiger partial charge in [-0.3, -0.25) is 9.59 Å². The minimum Gasteiger partial charge on any atom is -0.493 e. The van der Waals surface area contributed by atoms with E-state index in [1.54, 1.807) is 6.07 Å². The minimum absolute atomic E-state index is 0.250. The summed E-state index contributed by atoms with van der Waals surface area (Å²) in [5.74, 6) is 1.21. The average molecular weight is 563 g/mol. The number of carbonyl (C=O) groups excluding carboxylic acids is 2. The number of hydrogen-bond acceptors (Lipinski definition) is 7. The lowest BCUT2D eigenvalue weighted by Crippen LogP contribution is -2.34. The van der Waals surface area contributed by atoms with Gasteiger partial charge < -0.3 is 23.9 Å². The van der Waals surface area contributed by atoms with Crippen LogP contribution in [0, 0.1) is 3.57 Å². The van der Waals surface area contributed by atoms with Gasteiger partial charge in [-0.05, 0) is 59.0 Å². The van der Waals surface area contributed by atoms with Crippen LogP contribution in [0.25, 0.3) is 11.3 Å². The smallest absolute Gasteiger partial charge is 0.259 e. The summed E-state index contributed by atoms with van der Waals surface area (Å²) in [6.07, 6.45) is 1.38. The molecule has 3 rings (SSSR count). The van der Waals surface area contributed by atoms with E-state index in [9.17, 15) is 9.59 Å². The van der Waals surface area contributed by atoms with Gasteiger partial charge in [0.2, 0.25) is 5.75 Å². The number of hydrogen-bond donors (Lipinski definition) is 2. The molecule has 0 fully saturated rings. The zero-order chi connectivity index (χ0) is 23.8. The maximum atomic E-state index is 12.4. The molecule has 2 aromatic carbocycles. The number of methoxy groups -OCH3 is 3. The number of halogens is 1. The number of benzene rings is 2. The van der Waals surface area contributed by atoms with Gasteiger partial charge >= 0.3 is 0 Å². The number of ether oxygens (including phenoxy) is 3. The summed E-state index contributed by atoms with van der Waals surface area (Å²) >= 11 is 2.23. The Labute approximate surface area is 204 Å². The van der Waals surface area contributed by atoms with Crippen LogP contribution < -0.4 is 25.0 Å². The lowest BCUT2D eigenvalue weighted by molar-refractivity contribution is -0.120. The van der Waals surface area contributed by atoms with Gasteiger partial charge in [0.1, 0.15) is 11.5 Å². The van der Waals surface area contributed by atoms with Crippen molar-refractivity contribution in [2.45, 2.75) is 0 Å². The second kappa shape index (κ2) is 11.4. The highest BCUT2D eigenvalue weighted by atomic mass is 127. The molecule has 33 heavy (non-hydrogen) atoms. The van der Waals surface area contributed by atoms with Crippen LogP contribution in [0.1, 0.15) is 16.1 Å². The van der Waals surface area contributed by atoms with Crippen molar-refractivity contribution in [2.75, 3.05) is 27.9 Å². The number of nitrogens with zero attached hydrogens (tertiary/aromatic N) is 1. The van der Waals surface area contributed by atoms with Gasteiger partial charge in [0, 0.05) is 14.7 Å². The molecule has 0 saturated carbocycles. The Bertz CT molecular complexity index is 1130. The van der Waals surface area contributed by atoms with Crippen LogP contribution in [0.3, 0.4) is 0 Å². The monoisotopic (exact) mass is 563 g/mol. The molecule has 0 atom stereocenters. The second-order valence-electron chi connectivity index (χ2n) is 6.60. The molecule has 0 aliphatic rings. The quantitative estimate of drug-likeness (QED) is 0.235. The summed E-state index contributed by atoms with van der Waals surface area (Å²) in [7, 11) is 4.37. The highest BCUT2D eigenvalue weighted by Gasteiger charge is 2.17. The molecule has 0 bridgehead atoms. The Kier molecular flexibility index (Phi) is 8.30. The molecule has 9 nitrogen and oxygen atoms in total. The summed E-state index contributed by atoms with van der Waals surface area (Å²) in [5, 5.41) is 6.38. The van der Waals surface area contributed by atoms with Crippen LogP contribution in [0.2, 0.25) is 0 Å². The third kappa shape index (κ3) is 6.25. The molecule has 3 aromatic rings. The zero-order valence-corrected chi connectivity index (χ0v) is 20.3. The molecule has 2 amide bonds. The summed E-state index contributed by atoms with van der Waals surface area (Å²) in [6.45, 7) is -0.279. The van der Waals surface area contributed by atoms with Crippen molar-refractivity contribution in [3.63, 3.8) is 0 Å². The number of rotatable bonds is 9. The Morgan fingerprint density at radius 3 is 2.27 bits per heavy atom. The average Bonchev–Trinajstić information content (AvgIpc) is 3.30. The largest absolute Gasteiger partial charge is 0.493 e. The molecule has 0 unspecified atom stereocenters. The molecule has 172 valence electrons. The van der Waals surface area contributed by atoms with Crippen molar-refractivity contribution in [2.24, 2.45) is 5.10 Å². The topological polar surface area (TPSA) is 111 Å². The summed E-state index contributed by atoms with van der Waals surface area (Å²) in [5.41, 5.74) is 3.53. The van der Waals surface area contributed by atoms with Crippen LogP contribution in [0.5, 0.6) is 17.2 Å². The van der Waals surface area contributed by atoms with E-state index < -0.39 is 11.8 Å². The minimum atomic E-state index is -0.503. The van der Waals surface area contributed by atoms with Gasteiger partial charge in [0.15, 0.2) is 11.5 Å². The predicted molar refractivity (Wildman–Crippen MR) is 131 cm³/mol. The van der Waals surface area contributed by atoms with E-state index in [1.165, 1.54) is 39.7 Å². The first-order valence-electron chi connectivity index (χ1n) is 9.71. The van der Waals surface area contributed by atoms with Crippen molar-refractivity contribution in [1.29, 1.82) is 0 Å². The summed E-state index contributed by atoms with van der Waals surface area (Å²) in [4.78, 5) is 24.5. The van der Waals surface area contributed by atoms with E-state index in [2.05, 4.69) is 38.4 Å². The normalized spacial score (nSPS) is 10.7. The standard InChI is InChI=1S/C23H22IN3O6/c1-30-19-10-15(11-20(31-2)22(19)32-3)23(29)25-13-21(28)27-26-12-17-8-9-18(33-17)14-4-6-16(24)7-5-14/h4-12H,13H2,1-3H3,(H,25,29)(H,27,28). The molecule has 1 aromatic heterocycles. The Morgan fingerprint density at radius 1 is 1.00 bits per heavy atom. The lowest BCUT2D eigenvalue weighted by atomic mass is 10.1. The van der Waals surface area contributed by atoms with Crippen molar-refractivity contribution in [3.8, 4) is 28.6 Å². The Morgan fingerprint density at radius 2 is 1.67 bits per heavy atom. The fourth-order valence-corrected chi connectivity index (χ4v) is 3.23. The molecule has 10 heteroatoms. The fourth-order valence-electron chi connectivity index (χ4n) is 2.87. The third-order valence-corrected chi connectivity index (χ3v) is 5.19. The van der Waals surface area contributed by atoms with E-state index in [0.717, 1.165) is 9.13 Å². The van der Waals surface area contributed by atoms with Crippen LogP contribution >= 0.6 is 22.6 Å². The molecule has 0 spiro atoms. The van der Waals surface area contributed by atoms with Gasteiger partial charge in [-0.2, -0.15) is 5.10 Å². The van der Waals surface area contributed by atoms with E-state index >= 15 is 0 Å². The molecular weight excluding hydrogens is 541 g/mol. The van der Waals surface area contributed by atoms with Crippen LogP contribution in [0.15, 0.2) is 58.0 Å². The molecule has 2 N–H and O–H groups in total. The Balaban J connectivity index is 1.54. The van der Waals surface area contributed by atoms with Crippen molar-refractivity contribution >= 4 is 40.6 Å². The Hall–Kier alpha value is -3.54. The van der Waals surface area contributed by atoms with Crippen LogP contribution in [-0.2, 0) is 4.79 Å². The van der Waals surface area contributed by atoms with E-state index in [4.69, 9.17) is 18.6 Å². The van der Waals surface area contributed by atoms with E-state index in [-0.39, 0.29) is 12.1 Å². The molecule has 0 aliphatic heterocycles. The van der Waals surface area contributed by atoms with E-state index in [1.807, 2.05) is 30.3 Å². The summed E-state index contributed by atoms with van der Waals surface area (Å²) < 4.78 is 22.5. The molecule has 0 saturated heterocycles. The molecule has 0 radical (unpaired) electrons. The molecule has 1 heterocycles. The second-order valence-corrected chi connectivity index (χ2v) is 7.84. The van der Waals surface area contributed by atoms with Gasteiger partial charge in [-0.15, -0.1) is 0 Å². The van der Waals surface area contributed by atoms with Gasteiger partial charge in [0.25, 0.3) is 11.8 Å². The van der Waals surface area contributed by atoms with E-state index in [0.29, 0.717) is 28.8 Å². The summed E-state index contributed by atoms with van der Waals surface area (Å²) in [6, 6.07) is 14.4. The lowest BCUT2D eigenvalue weighted by Gasteiger charge is -2.14. The number of furan rings is 1. The number of nitrogens with one attached hydrogen (secondary N) is 2. The van der Waals surface area contributed by atoms with Gasteiger partial charge in [-0.1, -0.05) is 12.1 Å². The maximum Gasteiger partial charge on any atom is 0.259 e. The first kappa shape index (κ1) is 24.1. The highest BCUT2D eigenvalue weighted by Crippen LogP contribution is 2.38. The number of hydrazone groups is 1. The first-order chi connectivity index (χ1) is 15.9. The predicted octanol–water partition coefficient (Wildman–Crippen LogP) is 3.46. The third-order valence-electron chi connectivity index (χ3n) is 4.47. The molecular formula is C23H22IN3O6. The van der Waals surface area contributed by atoms with Crippen LogP contribution in [-0.4, -0.2) is 45.9 Å². The number of carbonyl (C=O) groups is 2. The number of amides is 2.